The largest absolute Gasteiger partial charge is 0.310 e. The Morgan fingerprint density at radius 1 is 0.283 bits per heavy atom. The minimum atomic E-state index is -0.193. The summed E-state index contributed by atoms with van der Waals surface area (Å²) in [6.07, 6.45) is 3.01. The third-order valence-corrected chi connectivity index (χ3v) is 19.1. The van der Waals surface area contributed by atoms with E-state index < -0.39 is 0 Å². The molecular weight excluding hydrogens is 1110 g/mol. The summed E-state index contributed by atoms with van der Waals surface area (Å²) in [5.41, 5.74) is 31.7. The van der Waals surface area contributed by atoms with Crippen molar-refractivity contribution in [3.8, 4) is 83.6 Å². The van der Waals surface area contributed by atoms with Crippen molar-refractivity contribution < 1.29 is 0 Å². The summed E-state index contributed by atoms with van der Waals surface area (Å²) in [5, 5.41) is 2.47. The molecule has 0 atom stereocenters. The predicted octanol–water partition coefficient (Wildman–Crippen LogP) is 21.9. The first-order chi connectivity index (χ1) is 45.6. The number of aromatic nitrogens is 1. The monoisotopic (exact) mass is 1170 g/mol. The normalized spacial score (nSPS) is 12.2. The number of nitrogens with zero attached hydrogens (tertiary/aromatic N) is 3. The van der Waals surface area contributed by atoms with Crippen molar-refractivity contribution >= 4 is 79.0 Å². The number of anilines is 6. The van der Waals surface area contributed by atoms with Crippen molar-refractivity contribution in [3.05, 3.63) is 339 Å². The minimum Gasteiger partial charge on any atom is -0.310 e. The van der Waals surface area contributed by atoms with E-state index in [0.717, 1.165) is 97.8 Å². The highest BCUT2D eigenvalue weighted by Gasteiger charge is 2.46. The lowest BCUT2D eigenvalue weighted by atomic mass is 9.33. The molecule has 3 nitrogen and oxygen atoms in total. The minimum absolute atomic E-state index is 0.193. The van der Waals surface area contributed by atoms with Crippen molar-refractivity contribution in [1.82, 2.24) is 4.57 Å². The molecule has 2 aliphatic rings. The highest BCUT2D eigenvalue weighted by atomic mass is 15.2. The van der Waals surface area contributed by atoms with E-state index in [-0.39, 0.29) is 6.71 Å². The third-order valence-electron chi connectivity index (χ3n) is 19.1. The topological polar surface area (TPSA) is 11.4 Å². The number of aryl methyl sites for hydroxylation is 1. The lowest BCUT2D eigenvalue weighted by Gasteiger charge is -2.46. The van der Waals surface area contributed by atoms with Crippen LogP contribution >= 0.6 is 0 Å². The van der Waals surface area contributed by atoms with Crippen molar-refractivity contribution in [2.45, 2.75) is 26.2 Å². The number of unbranched alkanes of at least 4 members (excludes halogenated alkanes) is 1. The molecule has 2 aliphatic heterocycles. The second-order valence-corrected chi connectivity index (χ2v) is 24.5. The van der Waals surface area contributed by atoms with Gasteiger partial charge in [0.2, 0.25) is 0 Å². The first-order valence-corrected chi connectivity index (χ1v) is 32.4. The molecule has 0 N–H and O–H groups in total. The Labute approximate surface area is 539 Å². The highest BCUT2D eigenvalue weighted by Crippen LogP contribution is 2.55. The summed E-state index contributed by atoms with van der Waals surface area (Å²) in [5.74, 6) is 0. The maximum atomic E-state index is 2.72. The van der Waals surface area contributed by atoms with E-state index in [1.54, 1.807) is 0 Å². The van der Waals surface area contributed by atoms with E-state index in [9.17, 15) is 0 Å². The second-order valence-electron chi connectivity index (χ2n) is 24.5. The molecule has 0 saturated carbocycles. The van der Waals surface area contributed by atoms with Gasteiger partial charge in [0.1, 0.15) is 0 Å². The van der Waals surface area contributed by atoms with Crippen LogP contribution in [0.1, 0.15) is 25.3 Å². The van der Waals surface area contributed by atoms with Crippen LogP contribution in [-0.4, -0.2) is 11.3 Å². The van der Waals surface area contributed by atoms with Crippen LogP contribution in [0.5, 0.6) is 0 Å². The number of hydrogen-bond acceptors (Lipinski definition) is 2. The molecule has 0 amide bonds. The quantitative estimate of drug-likeness (QED) is 0.107. The number of para-hydroxylation sites is 2. The van der Waals surface area contributed by atoms with E-state index in [1.807, 2.05) is 0 Å². The zero-order chi connectivity index (χ0) is 61.1. The van der Waals surface area contributed by atoms with Gasteiger partial charge in [0, 0.05) is 61.5 Å². The molecule has 0 aliphatic carbocycles. The van der Waals surface area contributed by atoms with Crippen LogP contribution in [0.15, 0.2) is 334 Å². The van der Waals surface area contributed by atoms with Gasteiger partial charge in [-0.15, -0.1) is 0 Å². The molecule has 1 aromatic heterocycles. The van der Waals surface area contributed by atoms with Crippen LogP contribution in [-0.2, 0) is 6.42 Å². The van der Waals surface area contributed by atoms with E-state index in [0.29, 0.717) is 0 Å². The van der Waals surface area contributed by atoms with E-state index in [4.69, 9.17) is 0 Å². The van der Waals surface area contributed by atoms with Crippen molar-refractivity contribution in [2.75, 3.05) is 9.80 Å². The molecule has 4 heteroatoms. The Morgan fingerprint density at radius 2 is 0.663 bits per heavy atom. The van der Waals surface area contributed by atoms with Gasteiger partial charge in [-0.25, -0.2) is 0 Å². The van der Waals surface area contributed by atoms with Gasteiger partial charge >= 0.3 is 0 Å². The van der Waals surface area contributed by atoms with Crippen LogP contribution in [0.4, 0.5) is 34.1 Å². The first-order valence-electron chi connectivity index (χ1n) is 32.4. The number of hydrogen-bond donors (Lipinski definition) is 0. The zero-order valence-electron chi connectivity index (χ0n) is 51.3. The Balaban J connectivity index is 1.05. The molecular formula is C88H64BN3. The zero-order valence-corrected chi connectivity index (χ0v) is 51.3. The molecule has 17 rings (SSSR count). The average Bonchev–Trinajstić information content (AvgIpc) is 0.738. The molecule has 0 fully saturated rings. The van der Waals surface area contributed by atoms with Crippen molar-refractivity contribution in [2.24, 2.45) is 0 Å². The fraction of sp³-hybridized carbons (Fsp3) is 0.0455. The van der Waals surface area contributed by atoms with Crippen LogP contribution in [0, 0.1) is 0 Å². The first kappa shape index (κ1) is 54.7. The fourth-order valence-electron chi connectivity index (χ4n) is 14.9. The maximum Gasteiger partial charge on any atom is 0.252 e. The van der Waals surface area contributed by atoms with E-state index in [1.165, 1.54) is 82.9 Å². The van der Waals surface area contributed by atoms with Gasteiger partial charge < -0.3 is 14.4 Å². The van der Waals surface area contributed by atoms with Gasteiger partial charge in [0.25, 0.3) is 6.71 Å². The number of rotatable bonds is 13. The molecule has 92 heavy (non-hydrogen) atoms. The molecule has 15 aromatic rings. The molecule has 14 aromatic carbocycles. The van der Waals surface area contributed by atoms with E-state index >= 15 is 0 Å². The Kier molecular flexibility index (Phi) is 13.8. The van der Waals surface area contributed by atoms with Crippen LogP contribution in [0.2, 0.25) is 0 Å². The van der Waals surface area contributed by atoms with E-state index in [2.05, 4.69) is 355 Å². The van der Waals surface area contributed by atoms with Crippen LogP contribution < -0.4 is 26.2 Å². The van der Waals surface area contributed by atoms with Gasteiger partial charge in [-0.1, -0.05) is 280 Å². The summed E-state index contributed by atoms with van der Waals surface area (Å²) in [6.45, 7) is 2.13. The molecule has 434 valence electrons. The van der Waals surface area contributed by atoms with Gasteiger partial charge in [0.15, 0.2) is 0 Å². The summed E-state index contributed by atoms with van der Waals surface area (Å²) in [4.78, 5) is 5.41. The molecule has 0 radical (unpaired) electrons. The van der Waals surface area contributed by atoms with Crippen LogP contribution in [0.25, 0.3) is 105 Å². The highest BCUT2D eigenvalue weighted by molar-refractivity contribution is 7.00. The summed E-state index contributed by atoms with van der Waals surface area (Å²) in [7, 11) is 0. The molecule has 0 saturated heterocycles. The standard InChI is InChI=1S/C88H64BN3/c1-2-3-29-60-52-84-86-85(53-60)92(88-76(66-40-21-9-22-41-66)56-70(63-34-15-6-16-35-63)57-77(88)67-42-23-10-24-43-67)83-59-71(90-80-46-27-25-44-72(80)73-45-26-28-47-81(73)90)49-50-78(83)89(86)79-58-68(61-30-11-4-12-31-61)48-51-82(79)91(84)87-74(64-36-17-7-18-37-64)54-69(62-32-13-5-14-33-62)55-75(87)65-38-19-8-20-39-65/h4-28,30-59H,2-3,29H2,1H3. The van der Waals surface area contributed by atoms with Crippen LogP contribution in [0.3, 0.4) is 0 Å². The Morgan fingerprint density at radius 3 is 1.09 bits per heavy atom. The number of benzene rings is 14. The molecule has 0 spiro atoms. The van der Waals surface area contributed by atoms with Gasteiger partial charge in [-0.2, -0.15) is 0 Å². The van der Waals surface area contributed by atoms with Gasteiger partial charge in [-0.05, 0) is 157 Å². The lowest BCUT2D eigenvalue weighted by Crippen LogP contribution is -2.61. The average molecular weight is 1170 g/mol. The van der Waals surface area contributed by atoms with Crippen molar-refractivity contribution in [3.63, 3.8) is 0 Å². The lowest BCUT2D eigenvalue weighted by molar-refractivity contribution is 0.795. The summed E-state index contributed by atoms with van der Waals surface area (Å²) < 4.78 is 2.50. The van der Waals surface area contributed by atoms with Crippen molar-refractivity contribution in [1.29, 1.82) is 0 Å². The second kappa shape index (κ2) is 23.2. The third kappa shape index (κ3) is 9.37. The Hall–Kier alpha value is -11.5. The summed E-state index contributed by atoms with van der Waals surface area (Å²) >= 11 is 0. The smallest absolute Gasteiger partial charge is 0.252 e. The Bertz CT molecular complexity index is 5070. The van der Waals surface area contributed by atoms with Gasteiger partial charge in [0.05, 0.1) is 22.4 Å². The van der Waals surface area contributed by atoms with Gasteiger partial charge in [-0.3, -0.25) is 0 Å². The molecule has 0 bridgehead atoms. The fourth-order valence-corrected chi connectivity index (χ4v) is 14.9. The summed E-state index contributed by atoms with van der Waals surface area (Å²) in [6, 6.07) is 125. The predicted molar refractivity (Wildman–Crippen MR) is 391 cm³/mol. The maximum absolute atomic E-state index is 2.72. The molecule has 0 unspecified atom stereocenters. The SMILES string of the molecule is CCCCc1cc2c3c(c1)N(c1c(-c4ccccc4)cc(-c4ccccc4)cc1-c1ccccc1)c1cc(-n4c5ccccc5c5ccccc54)ccc1B3c1cc(-c3ccccc3)ccc1N2c1c(-c2ccccc2)cc(-c2ccccc2)cc1-c1ccccc1. The molecule has 3 heterocycles. The number of fused-ring (bicyclic) bond motifs is 7.